The number of hydrogen-bond donors (Lipinski definition) is 1. The molecular weight excluding hydrogens is 451 g/mol. The van der Waals surface area contributed by atoms with Crippen LogP contribution in [-0.2, 0) is 14.3 Å². The lowest BCUT2D eigenvalue weighted by molar-refractivity contribution is -0.357. The summed E-state index contributed by atoms with van der Waals surface area (Å²) in [5.41, 5.74) is 0.297. The number of anilines is 1. The third-order valence-corrected chi connectivity index (χ3v) is 7.18. The molecule has 174 valence electrons. The Morgan fingerprint density at radius 2 is 1.78 bits per heavy atom. The van der Waals surface area contributed by atoms with E-state index in [2.05, 4.69) is 10.1 Å². The van der Waals surface area contributed by atoms with E-state index in [0.717, 1.165) is 5.69 Å². The molecule has 0 aromatic heterocycles. The van der Waals surface area contributed by atoms with Crippen LogP contribution in [0.5, 0.6) is 0 Å². The zero-order chi connectivity index (χ0) is 22.7. The molecule has 1 aromatic carbocycles. The van der Waals surface area contributed by atoms with Crippen molar-refractivity contribution < 1.29 is 32.2 Å². The van der Waals surface area contributed by atoms with Gasteiger partial charge >= 0.3 is 12.4 Å². The smallest absolute Gasteiger partial charge is 0.368 e. The van der Waals surface area contributed by atoms with Crippen LogP contribution in [0.25, 0.3) is 0 Å². The molecular formula is C21H23ClF3N3O4. The van der Waals surface area contributed by atoms with E-state index in [-0.39, 0.29) is 42.5 Å². The van der Waals surface area contributed by atoms with E-state index in [1.807, 2.05) is 17.0 Å². The van der Waals surface area contributed by atoms with Gasteiger partial charge in [-0.25, -0.2) is 4.79 Å². The van der Waals surface area contributed by atoms with Crippen LogP contribution in [0.3, 0.4) is 0 Å². The Kier molecular flexibility index (Phi) is 5.10. The Labute approximate surface area is 187 Å². The third-order valence-electron chi connectivity index (χ3n) is 6.93. The number of urea groups is 1. The SMILES string of the molecule is O=C(COC1CC(OC(F)(F)F)C1)NC12CC(N3CCN(c4ccc(Cl)cc4)C3=O)(C1)C2. The lowest BCUT2D eigenvalue weighted by atomic mass is 9.43. The average molecular weight is 474 g/mol. The summed E-state index contributed by atoms with van der Waals surface area (Å²) in [6.45, 7) is 1.05. The first-order valence-electron chi connectivity index (χ1n) is 10.6. The second-order valence-electron chi connectivity index (χ2n) is 9.24. The standard InChI is InChI=1S/C21H23ClF3N3O4/c22-13-1-3-14(4-2-13)27-5-6-28(18(27)30)20-10-19(11-20,12-20)26-17(29)9-31-15-7-16(8-15)32-21(23,24)25/h1-4,15-16H,5-12H2,(H,26,29). The van der Waals surface area contributed by atoms with Crippen molar-refractivity contribution in [3.05, 3.63) is 29.3 Å². The molecule has 1 heterocycles. The molecule has 0 atom stereocenters. The molecule has 0 radical (unpaired) electrons. The van der Waals surface area contributed by atoms with E-state index >= 15 is 0 Å². The fourth-order valence-electron chi connectivity index (χ4n) is 5.45. The lowest BCUT2D eigenvalue weighted by Gasteiger charge is -2.72. The molecule has 0 unspecified atom stereocenters. The molecule has 0 spiro atoms. The Balaban J connectivity index is 1.05. The number of halogens is 4. The Bertz CT molecular complexity index is 900. The summed E-state index contributed by atoms with van der Waals surface area (Å²) in [5.74, 6) is -0.283. The molecule has 4 saturated carbocycles. The molecule has 32 heavy (non-hydrogen) atoms. The van der Waals surface area contributed by atoms with Crippen molar-refractivity contribution in [1.82, 2.24) is 10.2 Å². The Morgan fingerprint density at radius 1 is 1.12 bits per heavy atom. The van der Waals surface area contributed by atoms with Gasteiger partial charge in [0.15, 0.2) is 0 Å². The van der Waals surface area contributed by atoms with Crippen LogP contribution in [0.1, 0.15) is 32.1 Å². The van der Waals surface area contributed by atoms with E-state index in [9.17, 15) is 22.8 Å². The van der Waals surface area contributed by atoms with Crippen molar-refractivity contribution >= 4 is 29.2 Å². The van der Waals surface area contributed by atoms with Gasteiger partial charge in [0, 0.05) is 42.2 Å². The minimum absolute atomic E-state index is 0.0316. The number of benzene rings is 1. The van der Waals surface area contributed by atoms with E-state index < -0.39 is 18.6 Å². The summed E-state index contributed by atoms with van der Waals surface area (Å²) >= 11 is 5.93. The lowest BCUT2D eigenvalue weighted by Crippen LogP contribution is -2.84. The molecule has 1 aliphatic heterocycles. The summed E-state index contributed by atoms with van der Waals surface area (Å²) in [7, 11) is 0. The number of ether oxygens (including phenoxy) is 2. The summed E-state index contributed by atoms with van der Waals surface area (Å²) in [5, 5.41) is 3.60. The van der Waals surface area contributed by atoms with Crippen LogP contribution in [0.15, 0.2) is 24.3 Å². The highest BCUT2D eigenvalue weighted by Crippen LogP contribution is 2.64. The van der Waals surface area contributed by atoms with Gasteiger partial charge in [-0.1, -0.05) is 11.6 Å². The number of nitrogens with zero attached hydrogens (tertiary/aromatic N) is 2. The summed E-state index contributed by atoms with van der Waals surface area (Å²) in [6, 6.07) is 7.14. The average Bonchev–Trinajstić information content (AvgIpc) is 3.00. The predicted molar refractivity (Wildman–Crippen MR) is 108 cm³/mol. The molecule has 11 heteroatoms. The molecule has 1 N–H and O–H groups in total. The van der Waals surface area contributed by atoms with Crippen LogP contribution in [0.4, 0.5) is 23.7 Å². The summed E-state index contributed by atoms with van der Waals surface area (Å²) in [6.07, 6.45) is -3.57. The minimum Gasteiger partial charge on any atom is -0.368 e. The first kappa shape index (κ1) is 21.8. The van der Waals surface area contributed by atoms with E-state index in [4.69, 9.17) is 16.3 Å². The summed E-state index contributed by atoms with van der Waals surface area (Å²) < 4.78 is 45.7. The van der Waals surface area contributed by atoms with Crippen LogP contribution in [-0.4, -0.2) is 66.2 Å². The van der Waals surface area contributed by atoms with E-state index in [0.29, 0.717) is 37.4 Å². The second-order valence-corrected chi connectivity index (χ2v) is 9.67. The maximum Gasteiger partial charge on any atom is 0.522 e. The number of alkyl halides is 3. The maximum atomic E-state index is 12.9. The fourth-order valence-corrected chi connectivity index (χ4v) is 5.58. The Hall–Kier alpha value is -2.04. The maximum absolute atomic E-state index is 12.9. The van der Waals surface area contributed by atoms with Gasteiger partial charge in [0.05, 0.1) is 17.7 Å². The highest BCUT2D eigenvalue weighted by atomic mass is 35.5. The van der Waals surface area contributed by atoms with Gasteiger partial charge in [-0.15, -0.1) is 13.2 Å². The van der Waals surface area contributed by atoms with Crippen LogP contribution >= 0.6 is 11.6 Å². The minimum atomic E-state index is -4.64. The highest BCUT2D eigenvalue weighted by Gasteiger charge is 2.72. The predicted octanol–water partition coefficient (Wildman–Crippen LogP) is 3.46. The van der Waals surface area contributed by atoms with Crippen molar-refractivity contribution in [2.75, 3.05) is 24.6 Å². The van der Waals surface area contributed by atoms with Crippen molar-refractivity contribution in [1.29, 1.82) is 0 Å². The molecule has 6 rings (SSSR count). The van der Waals surface area contributed by atoms with Gasteiger partial charge in [0.25, 0.3) is 0 Å². The van der Waals surface area contributed by atoms with Crippen LogP contribution in [0.2, 0.25) is 5.02 Å². The number of nitrogens with one attached hydrogen (secondary N) is 1. The van der Waals surface area contributed by atoms with Gasteiger partial charge in [-0.2, -0.15) is 0 Å². The highest BCUT2D eigenvalue weighted by molar-refractivity contribution is 6.30. The first-order valence-corrected chi connectivity index (χ1v) is 11.0. The van der Waals surface area contributed by atoms with Crippen molar-refractivity contribution in [2.45, 2.75) is 61.8 Å². The molecule has 1 saturated heterocycles. The Morgan fingerprint density at radius 3 is 2.41 bits per heavy atom. The van der Waals surface area contributed by atoms with E-state index in [1.165, 1.54) is 0 Å². The molecule has 4 aliphatic carbocycles. The number of carbonyl (C=O) groups is 2. The molecule has 5 fully saturated rings. The summed E-state index contributed by atoms with van der Waals surface area (Å²) in [4.78, 5) is 28.8. The van der Waals surface area contributed by atoms with Gasteiger partial charge in [0.2, 0.25) is 5.91 Å². The number of rotatable bonds is 7. The molecule has 3 amide bonds. The van der Waals surface area contributed by atoms with Gasteiger partial charge in [-0.05, 0) is 43.5 Å². The zero-order valence-electron chi connectivity index (χ0n) is 17.2. The fraction of sp³-hybridized carbons (Fsp3) is 0.619. The second kappa shape index (κ2) is 7.50. The molecule has 1 aromatic rings. The van der Waals surface area contributed by atoms with Gasteiger partial charge in [-0.3, -0.25) is 14.4 Å². The van der Waals surface area contributed by atoms with Gasteiger partial charge < -0.3 is 15.0 Å². The van der Waals surface area contributed by atoms with Crippen molar-refractivity contribution in [3.63, 3.8) is 0 Å². The van der Waals surface area contributed by atoms with E-state index in [1.54, 1.807) is 17.0 Å². The normalized spacial score (nSPS) is 33.4. The van der Waals surface area contributed by atoms with Gasteiger partial charge in [0.1, 0.15) is 6.61 Å². The van der Waals surface area contributed by atoms with Crippen LogP contribution < -0.4 is 10.2 Å². The topological polar surface area (TPSA) is 71.1 Å². The zero-order valence-corrected chi connectivity index (χ0v) is 17.9. The molecule has 2 bridgehead atoms. The number of hydrogen-bond acceptors (Lipinski definition) is 4. The van der Waals surface area contributed by atoms with Crippen molar-refractivity contribution in [3.8, 4) is 0 Å². The third kappa shape index (κ3) is 3.92. The largest absolute Gasteiger partial charge is 0.522 e. The first-order chi connectivity index (χ1) is 15.1. The van der Waals surface area contributed by atoms with Crippen molar-refractivity contribution in [2.24, 2.45) is 0 Å². The number of carbonyl (C=O) groups excluding carboxylic acids is 2. The monoisotopic (exact) mass is 473 g/mol. The van der Waals surface area contributed by atoms with Crippen LogP contribution in [0, 0.1) is 0 Å². The molecule has 5 aliphatic rings. The quantitative estimate of drug-likeness (QED) is 0.658. The number of amides is 3. The molecule has 7 nitrogen and oxygen atoms in total.